The van der Waals surface area contributed by atoms with E-state index in [9.17, 15) is 0 Å². The van der Waals surface area contributed by atoms with Gasteiger partial charge in [-0.3, -0.25) is 0 Å². The second-order valence-corrected chi connectivity index (χ2v) is 7.84. The summed E-state index contributed by atoms with van der Waals surface area (Å²) in [6, 6.07) is 26.1. The third kappa shape index (κ3) is 2.99. The van der Waals surface area contributed by atoms with Crippen molar-refractivity contribution in [2.24, 2.45) is 0 Å². The van der Waals surface area contributed by atoms with Crippen molar-refractivity contribution in [3.63, 3.8) is 0 Å². The number of rotatable bonds is 3. The molecule has 0 unspecified atom stereocenters. The number of benzene rings is 3. The fourth-order valence-electron chi connectivity index (χ4n) is 4.70. The third-order valence-corrected chi connectivity index (χ3v) is 5.75. The first-order valence-electron chi connectivity index (χ1n) is 9.87. The Hall–Kier alpha value is -3.00. The molecule has 0 bridgehead atoms. The van der Waals surface area contributed by atoms with Crippen molar-refractivity contribution in [3.8, 4) is 0 Å². The van der Waals surface area contributed by atoms with Gasteiger partial charge >= 0.3 is 0 Å². The molecule has 0 amide bonds. The molecule has 0 aromatic heterocycles. The van der Waals surface area contributed by atoms with Crippen LogP contribution in [-0.4, -0.2) is 23.9 Å². The quantitative estimate of drug-likeness (QED) is 0.558. The molecular formula is C26H28N2. The molecule has 4 rings (SSSR count). The van der Waals surface area contributed by atoms with E-state index in [-0.39, 0.29) is 6.17 Å². The zero-order valence-electron chi connectivity index (χ0n) is 17.4. The zero-order valence-corrected chi connectivity index (χ0v) is 17.4. The summed E-state index contributed by atoms with van der Waals surface area (Å²) in [5, 5.41) is 0. The minimum absolute atomic E-state index is 0.172. The highest BCUT2D eigenvalue weighted by Gasteiger charge is 2.37. The molecule has 1 aliphatic heterocycles. The SMILES string of the molecule is Cc1cc(C)c(C2N(C)C(c3ccccc3)=C(c3ccccc3)N2C)c(C)c1. The number of hydrogen-bond donors (Lipinski definition) is 0. The van der Waals surface area contributed by atoms with Gasteiger partial charge in [0.25, 0.3) is 0 Å². The lowest BCUT2D eigenvalue weighted by Gasteiger charge is -2.33. The highest BCUT2D eigenvalue weighted by Crippen LogP contribution is 2.47. The van der Waals surface area contributed by atoms with E-state index in [0.717, 1.165) is 0 Å². The molecule has 1 aliphatic rings. The van der Waals surface area contributed by atoms with E-state index in [2.05, 4.69) is 117 Å². The predicted octanol–water partition coefficient (Wildman–Crippen LogP) is 6.01. The number of hydrogen-bond acceptors (Lipinski definition) is 2. The van der Waals surface area contributed by atoms with Crippen LogP contribution in [0.15, 0.2) is 72.8 Å². The number of nitrogens with zero attached hydrogens (tertiary/aromatic N) is 2. The summed E-state index contributed by atoms with van der Waals surface area (Å²) in [6.07, 6.45) is 0.172. The molecule has 0 fully saturated rings. The van der Waals surface area contributed by atoms with Crippen molar-refractivity contribution < 1.29 is 0 Å². The Morgan fingerprint density at radius 1 is 0.607 bits per heavy atom. The summed E-state index contributed by atoms with van der Waals surface area (Å²) in [5.74, 6) is 0. The van der Waals surface area contributed by atoms with Crippen LogP contribution in [0.1, 0.15) is 39.5 Å². The Kier molecular flexibility index (Phi) is 4.72. The molecule has 3 aromatic rings. The Morgan fingerprint density at radius 3 is 1.39 bits per heavy atom. The molecule has 0 N–H and O–H groups in total. The maximum atomic E-state index is 2.43. The van der Waals surface area contributed by atoms with E-state index >= 15 is 0 Å². The van der Waals surface area contributed by atoms with Crippen LogP contribution in [0.5, 0.6) is 0 Å². The van der Waals surface area contributed by atoms with Gasteiger partial charge in [-0.15, -0.1) is 0 Å². The van der Waals surface area contributed by atoms with Crippen molar-refractivity contribution in [2.75, 3.05) is 14.1 Å². The predicted molar refractivity (Wildman–Crippen MR) is 119 cm³/mol. The summed E-state index contributed by atoms with van der Waals surface area (Å²) >= 11 is 0. The highest BCUT2D eigenvalue weighted by molar-refractivity contribution is 5.91. The summed E-state index contributed by atoms with van der Waals surface area (Å²) in [7, 11) is 4.44. The van der Waals surface area contributed by atoms with Gasteiger partial charge in [0.2, 0.25) is 0 Å². The second kappa shape index (κ2) is 7.20. The monoisotopic (exact) mass is 368 g/mol. The first-order valence-corrected chi connectivity index (χ1v) is 9.87. The van der Waals surface area contributed by atoms with Gasteiger partial charge in [-0.2, -0.15) is 0 Å². The normalized spacial score (nSPS) is 14.9. The van der Waals surface area contributed by atoms with Gasteiger partial charge in [0.05, 0.1) is 11.4 Å². The molecule has 142 valence electrons. The van der Waals surface area contributed by atoms with E-state index in [1.54, 1.807) is 0 Å². The van der Waals surface area contributed by atoms with Crippen LogP contribution >= 0.6 is 0 Å². The van der Waals surface area contributed by atoms with Gasteiger partial charge < -0.3 is 9.80 Å². The fourth-order valence-corrected chi connectivity index (χ4v) is 4.70. The van der Waals surface area contributed by atoms with Crippen LogP contribution in [0.3, 0.4) is 0 Å². The minimum atomic E-state index is 0.172. The fraction of sp³-hybridized carbons (Fsp3) is 0.231. The summed E-state index contributed by atoms with van der Waals surface area (Å²) in [4.78, 5) is 4.87. The van der Waals surface area contributed by atoms with Crippen molar-refractivity contribution in [1.29, 1.82) is 0 Å². The smallest absolute Gasteiger partial charge is 0.128 e. The molecule has 0 spiro atoms. The second-order valence-electron chi connectivity index (χ2n) is 7.84. The Morgan fingerprint density at radius 2 is 1.00 bits per heavy atom. The van der Waals surface area contributed by atoms with Gasteiger partial charge in [-0.1, -0.05) is 78.4 Å². The average Bonchev–Trinajstić information content (AvgIpc) is 2.93. The molecule has 2 heteroatoms. The summed E-state index contributed by atoms with van der Waals surface area (Å²) in [5.41, 5.74) is 10.5. The molecule has 2 nitrogen and oxygen atoms in total. The zero-order chi connectivity index (χ0) is 19.8. The van der Waals surface area contributed by atoms with E-state index in [1.807, 2.05) is 0 Å². The molecule has 1 heterocycles. The third-order valence-electron chi connectivity index (χ3n) is 5.75. The summed E-state index contributed by atoms with van der Waals surface area (Å²) < 4.78 is 0. The molecular weight excluding hydrogens is 340 g/mol. The first kappa shape index (κ1) is 18.4. The molecule has 3 aromatic carbocycles. The Bertz CT molecular complexity index is 940. The van der Waals surface area contributed by atoms with Crippen LogP contribution in [0.4, 0.5) is 0 Å². The van der Waals surface area contributed by atoms with Crippen molar-refractivity contribution in [3.05, 3.63) is 106 Å². The average molecular weight is 369 g/mol. The maximum Gasteiger partial charge on any atom is 0.128 e. The van der Waals surface area contributed by atoms with Crippen molar-refractivity contribution in [1.82, 2.24) is 9.80 Å². The lowest BCUT2D eigenvalue weighted by molar-refractivity contribution is 0.221. The number of aryl methyl sites for hydroxylation is 3. The van der Waals surface area contributed by atoms with Gasteiger partial charge in [-0.25, -0.2) is 0 Å². The van der Waals surface area contributed by atoms with E-state index in [4.69, 9.17) is 0 Å². The largest absolute Gasteiger partial charge is 0.348 e. The molecule has 0 radical (unpaired) electrons. The van der Waals surface area contributed by atoms with E-state index < -0.39 is 0 Å². The van der Waals surface area contributed by atoms with E-state index in [0.29, 0.717) is 0 Å². The van der Waals surface area contributed by atoms with Gasteiger partial charge in [-0.05, 0) is 31.9 Å². The van der Waals surface area contributed by atoms with Crippen LogP contribution in [0.2, 0.25) is 0 Å². The molecule has 0 aliphatic carbocycles. The maximum absolute atomic E-state index is 2.43. The topological polar surface area (TPSA) is 6.48 Å². The molecule has 0 atom stereocenters. The van der Waals surface area contributed by atoms with Crippen LogP contribution in [0, 0.1) is 20.8 Å². The van der Waals surface area contributed by atoms with Gasteiger partial charge in [0.1, 0.15) is 6.17 Å². The van der Waals surface area contributed by atoms with Crippen LogP contribution < -0.4 is 0 Å². The first-order chi connectivity index (χ1) is 13.5. The van der Waals surface area contributed by atoms with Crippen LogP contribution in [-0.2, 0) is 0 Å². The van der Waals surface area contributed by atoms with Gasteiger partial charge in [0.15, 0.2) is 0 Å². The summed E-state index contributed by atoms with van der Waals surface area (Å²) in [6.45, 7) is 6.65. The highest BCUT2D eigenvalue weighted by atomic mass is 15.4. The molecule has 0 saturated heterocycles. The molecule has 0 saturated carbocycles. The minimum Gasteiger partial charge on any atom is -0.348 e. The van der Waals surface area contributed by atoms with Gasteiger partial charge in [0, 0.05) is 30.8 Å². The van der Waals surface area contributed by atoms with Crippen molar-refractivity contribution >= 4 is 11.4 Å². The molecule has 28 heavy (non-hydrogen) atoms. The lowest BCUT2D eigenvalue weighted by atomic mass is 9.96. The lowest BCUT2D eigenvalue weighted by Crippen LogP contribution is -2.29. The van der Waals surface area contributed by atoms with Crippen molar-refractivity contribution in [2.45, 2.75) is 26.9 Å². The van der Waals surface area contributed by atoms with E-state index in [1.165, 1.54) is 44.8 Å². The Balaban J connectivity index is 1.92. The standard InChI is InChI=1S/C26H28N2/c1-18-16-19(2)23(20(3)17-18)26-27(4)24(21-12-8-6-9-13-21)25(28(26)5)22-14-10-7-11-15-22/h6-17,26H,1-5H3. The van der Waals surface area contributed by atoms with Crippen LogP contribution in [0.25, 0.3) is 11.4 Å². The Labute approximate surface area is 168 Å².